The largest absolute Gasteiger partial charge is 0.386 e. The van der Waals surface area contributed by atoms with E-state index in [0.29, 0.717) is 5.69 Å². The molecule has 3 atom stereocenters. The van der Waals surface area contributed by atoms with Gasteiger partial charge < -0.3 is 9.67 Å². The molecule has 1 aliphatic heterocycles. The monoisotopic (exact) mass is 294 g/mol. The summed E-state index contributed by atoms with van der Waals surface area (Å²) in [6.45, 7) is 0. The van der Waals surface area contributed by atoms with Crippen molar-refractivity contribution < 1.29 is 9.74 Å². The molecule has 3 heterocycles. The first-order chi connectivity index (χ1) is 10.8. The predicted octanol–water partition coefficient (Wildman–Crippen LogP) is 2.13. The van der Waals surface area contributed by atoms with Crippen molar-refractivity contribution >= 4 is 0 Å². The summed E-state index contributed by atoms with van der Waals surface area (Å²) in [4.78, 5) is 4.28. The van der Waals surface area contributed by atoms with E-state index in [0.717, 1.165) is 24.2 Å². The van der Waals surface area contributed by atoms with Crippen molar-refractivity contribution in [1.82, 2.24) is 19.9 Å². The highest BCUT2D eigenvalue weighted by Crippen LogP contribution is 2.49. The average Bonchev–Trinajstić information content (AvgIpc) is 3.23. The smallest absolute Gasteiger partial charge is 0.137 e. The lowest BCUT2D eigenvalue weighted by atomic mass is 9.79. The fourth-order valence-electron chi connectivity index (χ4n) is 3.92. The lowest BCUT2D eigenvalue weighted by Gasteiger charge is -2.32. The maximum atomic E-state index is 10.8. The molecule has 3 aromatic rings. The van der Waals surface area contributed by atoms with E-state index in [-0.39, 0.29) is 12.0 Å². The molecule has 0 amide bonds. The molecule has 1 unspecified atom stereocenters. The normalized spacial score (nSPS) is 25.6. The molecule has 6 nitrogen and oxygen atoms in total. The Bertz CT molecular complexity index is 853. The Hall–Kier alpha value is -2.47. The number of rotatable bonds is 1. The van der Waals surface area contributed by atoms with Crippen molar-refractivity contribution in [2.75, 3.05) is 0 Å². The maximum Gasteiger partial charge on any atom is 0.137 e. The second-order valence-corrected chi connectivity index (χ2v) is 5.96. The number of imidazole rings is 1. The molecule has 1 aliphatic carbocycles. The summed E-state index contributed by atoms with van der Waals surface area (Å²) in [5.41, 5.74) is 4.91. The van der Waals surface area contributed by atoms with Crippen molar-refractivity contribution in [3.63, 3.8) is 0 Å². The van der Waals surface area contributed by atoms with E-state index >= 15 is 0 Å². The Morgan fingerprint density at radius 3 is 3.09 bits per heavy atom. The van der Waals surface area contributed by atoms with Gasteiger partial charge in [-0.15, -0.1) is 0 Å². The van der Waals surface area contributed by atoms with E-state index in [1.165, 1.54) is 11.1 Å². The molecule has 2 aliphatic rings. The number of aliphatic hydroxyl groups is 1. The van der Waals surface area contributed by atoms with Crippen LogP contribution < -0.4 is 0 Å². The van der Waals surface area contributed by atoms with E-state index in [1.807, 2.05) is 24.7 Å². The van der Waals surface area contributed by atoms with Crippen LogP contribution in [0.3, 0.4) is 0 Å². The Labute approximate surface area is 126 Å². The van der Waals surface area contributed by atoms with Gasteiger partial charge in [-0.25, -0.2) is 9.61 Å². The predicted molar refractivity (Wildman–Crippen MR) is 76.9 cm³/mol. The third kappa shape index (κ3) is 1.45. The quantitative estimate of drug-likeness (QED) is 0.744. The number of nitrogens with zero attached hydrogens (tertiary/aromatic N) is 4. The van der Waals surface area contributed by atoms with Gasteiger partial charge in [0.2, 0.25) is 0 Å². The van der Waals surface area contributed by atoms with Crippen molar-refractivity contribution in [3.05, 3.63) is 53.7 Å². The van der Waals surface area contributed by atoms with Gasteiger partial charge in [0.1, 0.15) is 17.5 Å². The molecule has 110 valence electrons. The van der Waals surface area contributed by atoms with Crippen LogP contribution in [0.4, 0.5) is 0 Å². The van der Waals surface area contributed by atoms with Gasteiger partial charge in [0.15, 0.2) is 0 Å². The van der Waals surface area contributed by atoms with Crippen molar-refractivity contribution in [3.8, 4) is 11.3 Å². The van der Waals surface area contributed by atoms with Crippen LogP contribution in [-0.4, -0.2) is 25.0 Å². The van der Waals surface area contributed by atoms with Crippen molar-refractivity contribution in [2.45, 2.75) is 25.0 Å². The van der Waals surface area contributed by atoms with E-state index in [4.69, 9.17) is 4.63 Å². The van der Waals surface area contributed by atoms with Crippen molar-refractivity contribution in [2.24, 2.45) is 5.92 Å². The molecular formula is C16H14N4O2. The van der Waals surface area contributed by atoms with Crippen LogP contribution in [0.25, 0.3) is 11.3 Å². The van der Waals surface area contributed by atoms with Crippen LogP contribution in [0, 0.1) is 5.92 Å². The van der Waals surface area contributed by atoms with E-state index in [2.05, 4.69) is 32.0 Å². The Morgan fingerprint density at radius 1 is 1.23 bits per heavy atom. The minimum atomic E-state index is -0.665. The lowest BCUT2D eigenvalue weighted by Crippen LogP contribution is -2.28. The second kappa shape index (κ2) is 4.27. The standard InChI is InChI=1S/C16H14N4O2/c21-16-11(5-6-12-14(16)19-22-18-12)15-10-4-2-1-3-9(10)13-7-17-8-20(13)15/h1-4,7-8,11,15-16,21H,5-6H2/t11-,15?,16-/m0/s1. The zero-order chi connectivity index (χ0) is 14.7. The van der Waals surface area contributed by atoms with E-state index < -0.39 is 6.10 Å². The van der Waals surface area contributed by atoms with Crippen LogP contribution in [-0.2, 0) is 6.42 Å². The molecule has 0 saturated carbocycles. The molecule has 0 radical (unpaired) electrons. The van der Waals surface area contributed by atoms with Gasteiger partial charge in [0.25, 0.3) is 0 Å². The molecule has 1 aromatic carbocycles. The highest BCUT2D eigenvalue weighted by atomic mass is 16.6. The van der Waals surface area contributed by atoms with Gasteiger partial charge >= 0.3 is 0 Å². The second-order valence-electron chi connectivity index (χ2n) is 5.96. The van der Waals surface area contributed by atoms with Crippen LogP contribution in [0.5, 0.6) is 0 Å². The zero-order valence-electron chi connectivity index (χ0n) is 11.8. The number of aromatic nitrogens is 4. The SMILES string of the molecule is O[C@@H]1c2nonc2CC[C@H]1C1c2ccccc2-c2cncn21. The molecule has 5 rings (SSSR count). The van der Waals surface area contributed by atoms with Gasteiger partial charge in [-0.1, -0.05) is 34.6 Å². The topological polar surface area (TPSA) is 77.0 Å². The number of fused-ring (bicyclic) bond motifs is 4. The molecule has 0 spiro atoms. The highest BCUT2D eigenvalue weighted by Gasteiger charge is 2.42. The maximum absolute atomic E-state index is 10.8. The van der Waals surface area contributed by atoms with Gasteiger partial charge in [0.05, 0.1) is 24.3 Å². The summed E-state index contributed by atoms with van der Waals surface area (Å²) < 4.78 is 6.96. The third-order valence-corrected chi connectivity index (χ3v) is 4.91. The first-order valence-electron chi connectivity index (χ1n) is 7.45. The Kier molecular flexibility index (Phi) is 2.35. The molecule has 0 saturated heterocycles. The first kappa shape index (κ1) is 12.1. The summed E-state index contributed by atoms with van der Waals surface area (Å²) in [5, 5.41) is 18.5. The molecule has 0 bridgehead atoms. The fraction of sp³-hybridized carbons (Fsp3) is 0.312. The van der Waals surface area contributed by atoms with Crippen LogP contribution in [0.2, 0.25) is 0 Å². The summed E-state index contributed by atoms with van der Waals surface area (Å²) >= 11 is 0. The minimum absolute atomic E-state index is 0.0380. The molecule has 22 heavy (non-hydrogen) atoms. The summed E-state index contributed by atoms with van der Waals surface area (Å²) in [7, 11) is 0. The van der Waals surface area contributed by atoms with Gasteiger partial charge in [-0.3, -0.25) is 0 Å². The van der Waals surface area contributed by atoms with Gasteiger partial charge in [0, 0.05) is 11.5 Å². The van der Waals surface area contributed by atoms with Gasteiger partial charge in [-0.2, -0.15) is 0 Å². The number of aryl methyl sites for hydroxylation is 1. The van der Waals surface area contributed by atoms with Crippen LogP contribution in [0.15, 0.2) is 41.4 Å². The summed E-state index contributed by atoms with van der Waals surface area (Å²) in [6.07, 6.45) is 4.70. The Morgan fingerprint density at radius 2 is 2.14 bits per heavy atom. The molecule has 0 fully saturated rings. The third-order valence-electron chi connectivity index (χ3n) is 4.91. The number of aliphatic hydroxyl groups excluding tert-OH is 1. The molecule has 1 N–H and O–H groups in total. The van der Waals surface area contributed by atoms with Gasteiger partial charge in [-0.05, 0) is 18.4 Å². The first-order valence-corrected chi connectivity index (χ1v) is 7.45. The number of hydrogen-bond donors (Lipinski definition) is 1. The molecule has 2 aromatic heterocycles. The average molecular weight is 294 g/mol. The van der Waals surface area contributed by atoms with Crippen molar-refractivity contribution in [1.29, 1.82) is 0 Å². The van der Waals surface area contributed by atoms with E-state index in [9.17, 15) is 5.11 Å². The minimum Gasteiger partial charge on any atom is -0.386 e. The summed E-state index contributed by atoms with van der Waals surface area (Å²) in [6, 6.07) is 8.41. The Balaban J connectivity index is 1.65. The fourth-order valence-corrected chi connectivity index (χ4v) is 3.92. The van der Waals surface area contributed by atoms with Crippen LogP contribution in [0.1, 0.15) is 35.5 Å². The van der Waals surface area contributed by atoms with Crippen LogP contribution >= 0.6 is 0 Å². The van der Waals surface area contributed by atoms with E-state index in [1.54, 1.807) is 0 Å². The zero-order valence-corrected chi connectivity index (χ0v) is 11.8. The summed E-state index contributed by atoms with van der Waals surface area (Å²) in [5.74, 6) is 0.0380. The number of hydrogen-bond acceptors (Lipinski definition) is 5. The number of benzene rings is 1. The highest BCUT2D eigenvalue weighted by molar-refractivity contribution is 5.69. The molecule has 6 heteroatoms. The molecular weight excluding hydrogens is 280 g/mol. The lowest BCUT2D eigenvalue weighted by molar-refractivity contribution is 0.0662.